The fourth-order valence-electron chi connectivity index (χ4n) is 2.41. The smallest absolute Gasteiger partial charge is 0.414 e. The molecule has 0 aromatic heterocycles. The third kappa shape index (κ3) is 4.35. The van der Waals surface area contributed by atoms with Gasteiger partial charge in [0.2, 0.25) is 10.0 Å². The summed E-state index contributed by atoms with van der Waals surface area (Å²) in [5, 5.41) is 0. The first-order valence-corrected chi connectivity index (χ1v) is 8.82. The molecular weight excluding hydrogens is 308 g/mol. The second-order valence-corrected chi connectivity index (χ2v) is 6.85. The Balaban J connectivity index is 2.22. The average Bonchev–Trinajstić information content (AvgIpc) is 2.48. The zero-order valence-corrected chi connectivity index (χ0v) is 13.4. The van der Waals surface area contributed by atoms with Gasteiger partial charge in [0.05, 0.1) is 13.4 Å². The third-order valence-corrected chi connectivity index (χ3v) is 3.98. The van der Waals surface area contributed by atoms with Gasteiger partial charge in [-0.2, -0.15) is 0 Å². The first-order valence-electron chi connectivity index (χ1n) is 6.93. The summed E-state index contributed by atoms with van der Waals surface area (Å²) in [6.07, 6.45) is 2.12. The van der Waals surface area contributed by atoms with Crippen molar-refractivity contribution in [1.82, 2.24) is 0 Å². The zero-order chi connectivity index (χ0) is 16.2. The number of methoxy groups -OCH3 is 1. The van der Waals surface area contributed by atoms with Crippen molar-refractivity contribution in [1.29, 1.82) is 0 Å². The summed E-state index contributed by atoms with van der Waals surface area (Å²) in [7, 11) is -1.98. The van der Waals surface area contributed by atoms with E-state index in [1.807, 2.05) is 0 Å². The molecule has 1 N–H and O–H groups in total. The molecule has 1 heterocycles. The SMILES string of the molecule is COC(=O)N(c1ccc(NS(C)(=O)=O)cc1)C1CCOCC1. The van der Waals surface area contributed by atoms with E-state index in [1.165, 1.54) is 7.11 Å². The van der Waals surface area contributed by atoms with E-state index in [1.54, 1.807) is 29.2 Å². The number of ether oxygens (including phenoxy) is 2. The number of benzene rings is 1. The van der Waals surface area contributed by atoms with Crippen molar-refractivity contribution in [3.63, 3.8) is 0 Å². The normalized spacial score (nSPS) is 16.1. The Labute approximate surface area is 130 Å². The Bertz CT molecular complexity index is 609. The van der Waals surface area contributed by atoms with E-state index in [4.69, 9.17) is 9.47 Å². The van der Waals surface area contributed by atoms with Crippen molar-refractivity contribution in [2.24, 2.45) is 0 Å². The third-order valence-electron chi connectivity index (χ3n) is 3.38. The van der Waals surface area contributed by atoms with Gasteiger partial charge in [-0.3, -0.25) is 9.62 Å². The number of carbonyl (C=O) groups is 1. The lowest BCUT2D eigenvalue weighted by atomic mass is 10.1. The van der Waals surface area contributed by atoms with Crippen LogP contribution in [0, 0.1) is 0 Å². The summed E-state index contributed by atoms with van der Waals surface area (Å²) >= 11 is 0. The number of sulfonamides is 1. The van der Waals surface area contributed by atoms with Crippen LogP contribution in [0.2, 0.25) is 0 Å². The summed E-state index contributed by atoms with van der Waals surface area (Å²) in [5.41, 5.74) is 1.11. The van der Waals surface area contributed by atoms with Crippen LogP contribution in [0.1, 0.15) is 12.8 Å². The molecule has 0 atom stereocenters. The van der Waals surface area contributed by atoms with E-state index in [0.717, 1.165) is 19.1 Å². The van der Waals surface area contributed by atoms with Gasteiger partial charge in [-0.25, -0.2) is 13.2 Å². The van der Waals surface area contributed by atoms with Crippen LogP contribution in [0.3, 0.4) is 0 Å². The summed E-state index contributed by atoms with van der Waals surface area (Å²) in [5.74, 6) is 0. The Morgan fingerprint density at radius 2 is 1.86 bits per heavy atom. The van der Waals surface area contributed by atoms with E-state index < -0.39 is 16.1 Å². The molecule has 2 rings (SSSR count). The Morgan fingerprint density at radius 1 is 1.27 bits per heavy atom. The van der Waals surface area contributed by atoms with Gasteiger partial charge in [0.25, 0.3) is 0 Å². The van der Waals surface area contributed by atoms with Gasteiger partial charge in [-0.05, 0) is 37.1 Å². The number of carbonyl (C=O) groups excluding carboxylic acids is 1. The summed E-state index contributed by atoms with van der Waals surface area (Å²) < 4.78 is 35.0. The lowest BCUT2D eigenvalue weighted by Crippen LogP contribution is -2.43. The highest BCUT2D eigenvalue weighted by Crippen LogP contribution is 2.25. The molecule has 0 aliphatic carbocycles. The predicted octanol–water partition coefficient (Wildman–Crippen LogP) is 1.81. The van der Waals surface area contributed by atoms with E-state index in [-0.39, 0.29) is 6.04 Å². The van der Waals surface area contributed by atoms with Gasteiger partial charge in [-0.1, -0.05) is 0 Å². The molecule has 0 unspecified atom stereocenters. The molecule has 0 radical (unpaired) electrons. The van der Waals surface area contributed by atoms with Crippen molar-refractivity contribution in [2.45, 2.75) is 18.9 Å². The number of nitrogens with one attached hydrogen (secondary N) is 1. The predicted molar refractivity (Wildman–Crippen MR) is 83.6 cm³/mol. The van der Waals surface area contributed by atoms with Crippen LogP contribution in [-0.4, -0.2) is 47.1 Å². The second kappa shape index (κ2) is 6.97. The molecule has 1 aromatic rings. The van der Waals surface area contributed by atoms with Gasteiger partial charge in [0.15, 0.2) is 0 Å². The summed E-state index contributed by atoms with van der Waals surface area (Å²) in [6.45, 7) is 1.21. The molecule has 1 saturated heterocycles. The largest absolute Gasteiger partial charge is 0.452 e. The Hall–Kier alpha value is -1.80. The molecule has 1 aromatic carbocycles. The molecule has 1 aliphatic heterocycles. The number of anilines is 2. The van der Waals surface area contributed by atoms with Crippen molar-refractivity contribution in [2.75, 3.05) is 36.2 Å². The van der Waals surface area contributed by atoms with Crippen LogP contribution < -0.4 is 9.62 Å². The molecule has 1 amide bonds. The minimum atomic E-state index is -3.32. The van der Waals surface area contributed by atoms with E-state index >= 15 is 0 Å². The molecule has 7 nitrogen and oxygen atoms in total. The lowest BCUT2D eigenvalue weighted by molar-refractivity contribution is 0.0827. The van der Waals surface area contributed by atoms with E-state index in [9.17, 15) is 13.2 Å². The maximum Gasteiger partial charge on any atom is 0.414 e. The standard InChI is InChI=1S/C14H20N2O5S/c1-20-14(17)16(13-7-9-21-10-8-13)12-5-3-11(4-6-12)15-22(2,18)19/h3-6,13,15H,7-10H2,1-2H3. The van der Waals surface area contributed by atoms with Crippen LogP contribution in [0.5, 0.6) is 0 Å². The van der Waals surface area contributed by atoms with E-state index in [2.05, 4.69) is 4.72 Å². The van der Waals surface area contributed by atoms with Crippen molar-refractivity contribution < 1.29 is 22.7 Å². The molecule has 0 saturated carbocycles. The molecule has 122 valence electrons. The first kappa shape index (κ1) is 16.6. The fraction of sp³-hybridized carbons (Fsp3) is 0.500. The Kier molecular flexibility index (Phi) is 5.25. The molecule has 0 bridgehead atoms. The van der Waals surface area contributed by atoms with E-state index in [0.29, 0.717) is 24.6 Å². The highest BCUT2D eigenvalue weighted by atomic mass is 32.2. The molecule has 1 fully saturated rings. The van der Waals surface area contributed by atoms with Crippen LogP contribution in [-0.2, 0) is 19.5 Å². The minimum Gasteiger partial charge on any atom is -0.452 e. The van der Waals surface area contributed by atoms with Crippen LogP contribution >= 0.6 is 0 Å². The number of hydrogen-bond donors (Lipinski definition) is 1. The van der Waals surface area contributed by atoms with Crippen LogP contribution in [0.4, 0.5) is 16.2 Å². The highest BCUT2D eigenvalue weighted by Gasteiger charge is 2.27. The first-order chi connectivity index (χ1) is 10.4. The molecular formula is C14H20N2O5S. The van der Waals surface area contributed by atoms with Gasteiger partial charge in [-0.15, -0.1) is 0 Å². The lowest BCUT2D eigenvalue weighted by Gasteiger charge is -2.33. The number of rotatable bonds is 4. The maximum atomic E-state index is 12.1. The summed E-state index contributed by atoms with van der Waals surface area (Å²) in [4.78, 5) is 13.7. The van der Waals surface area contributed by atoms with Crippen molar-refractivity contribution in [3.05, 3.63) is 24.3 Å². The number of nitrogens with zero attached hydrogens (tertiary/aromatic N) is 1. The van der Waals surface area contributed by atoms with Gasteiger partial charge in [0, 0.05) is 30.6 Å². The molecule has 0 spiro atoms. The number of amides is 1. The minimum absolute atomic E-state index is 0.00918. The molecule has 8 heteroatoms. The van der Waals surface area contributed by atoms with Gasteiger partial charge < -0.3 is 9.47 Å². The van der Waals surface area contributed by atoms with Crippen molar-refractivity contribution >= 4 is 27.5 Å². The van der Waals surface area contributed by atoms with Gasteiger partial charge >= 0.3 is 6.09 Å². The van der Waals surface area contributed by atoms with Crippen LogP contribution in [0.25, 0.3) is 0 Å². The van der Waals surface area contributed by atoms with Gasteiger partial charge in [0.1, 0.15) is 0 Å². The highest BCUT2D eigenvalue weighted by molar-refractivity contribution is 7.92. The van der Waals surface area contributed by atoms with Crippen LogP contribution in [0.15, 0.2) is 24.3 Å². The molecule has 22 heavy (non-hydrogen) atoms. The molecule has 1 aliphatic rings. The number of hydrogen-bond acceptors (Lipinski definition) is 5. The average molecular weight is 328 g/mol. The quantitative estimate of drug-likeness (QED) is 0.911. The maximum absolute atomic E-state index is 12.1. The topological polar surface area (TPSA) is 84.9 Å². The Morgan fingerprint density at radius 3 is 2.36 bits per heavy atom. The fourth-order valence-corrected chi connectivity index (χ4v) is 2.98. The van der Waals surface area contributed by atoms with Crippen molar-refractivity contribution in [3.8, 4) is 0 Å². The zero-order valence-electron chi connectivity index (χ0n) is 12.6. The second-order valence-electron chi connectivity index (χ2n) is 5.10. The summed E-state index contributed by atoms with van der Waals surface area (Å²) in [6, 6.07) is 6.63. The monoisotopic (exact) mass is 328 g/mol.